The summed E-state index contributed by atoms with van der Waals surface area (Å²) in [5, 5.41) is 9.73. The number of rotatable bonds is 5. The third-order valence-electron chi connectivity index (χ3n) is 4.24. The Kier molecular flexibility index (Phi) is 4.51. The second kappa shape index (κ2) is 5.96. The summed E-state index contributed by atoms with van der Waals surface area (Å²) in [4.78, 5) is 2.48. The molecular formula is C17H27NO. The van der Waals surface area contributed by atoms with Crippen molar-refractivity contribution in [3.05, 3.63) is 29.8 Å². The molecule has 2 unspecified atom stereocenters. The number of nitrogens with zero attached hydrogens (tertiary/aromatic N) is 1. The first kappa shape index (κ1) is 14.4. The molecule has 1 aromatic carbocycles. The Balaban J connectivity index is 2.20. The maximum absolute atomic E-state index is 9.73. The number of anilines is 1. The highest BCUT2D eigenvalue weighted by Crippen LogP contribution is 2.33. The summed E-state index contributed by atoms with van der Waals surface area (Å²) in [7, 11) is 0. The van der Waals surface area contributed by atoms with Gasteiger partial charge in [0.05, 0.1) is 6.61 Å². The van der Waals surface area contributed by atoms with E-state index >= 15 is 0 Å². The Morgan fingerprint density at radius 2 is 2.11 bits per heavy atom. The largest absolute Gasteiger partial charge is 0.396 e. The van der Waals surface area contributed by atoms with Crippen LogP contribution in [0.25, 0.3) is 0 Å². The van der Waals surface area contributed by atoms with Gasteiger partial charge in [-0.3, -0.25) is 0 Å². The van der Waals surface area contributed by atoms with Crippen LogP contribution in [0.4, 0.5) is 5.69 Å². The molecule has 2 nitrogen and oxygen atoms in total. The van der Waals surface area contributed by atoms with E-state index in [9.17, 15) is 5.11 Å². The molecule has 1 heterocycles. The molecule has 2 atom stereocenters. The van der Waals surface area contributed by atoms with Crippen LogP contribution in [0.15, 0.2) is 24.3 Å². The topological polar surface area (TPSA) is 23.5 Å². The van der Waals surface area contributed by atoms with Crippen molar-refractivity contribution in [1.29, 1.82) is 0 Å². The minimum absolute atomic E-state index is 0.0128. The van der Waals surface area contributed by atoms with Gasteiger partial charge in [-0.05, 0) is 30.4 Å². The summed E-state index contributed by atoms with van der Waals surface area (Å²) in [5.41, 5.74) is 2.84. The fraction of sp³-hybridized carbons (Fsp3) is 0.647. The van der Waals surface area contributed by atoms with Crippen LogP contribution >= 0.6 is 0 Å². The van der Waals surface area contributed by atoms with Gasteiger partial charge in [0.15, 0.2) is 0 Å². The predicted molar refractivity (Wildman–Crippen MR) is 81.6 cm³/mol. The molecule has 0 aromatic heterocycles. The number of aliphatic hydroxyl groups excluding tert-OH is 1. The highest BCUT2D eigenvalue weighted by molar-refractivity contribution is 5.55. The van der Waals surface area contributed by atoms with Gasteiger partial charge < -0.3 is 10.0 Å². The molecule has 19 heavy (non-hydrogen) atoms. The Hall–Kier alpha value is -1.02. The van der Waals surface area contributed by atoms with Crippen molar-refractivity contribution in [3.63, 3.8) is 0 Å². The van der Waals surface area contributed by atoms with E-state index in [-0.39, 0.29) is 12.0 Å². The van der Waals surface area contributed by atoms with E-state index < -0.39 is 0 Å². The zero-order chi connectivity index (χ0) is 13.9. The summed E-state index contributed by atoms with van der Waals surface area (Å²) in [6.07, 6.45) is 3.38. The highest BCUT2D eigenvalue weighted by Gasteiger charge is 2.29. The van der Waals surface area contributed by atoms with Crippen molar-refractivity contribution in [2.75, 3.05) is 24.6 Å². The quantitative estimate of drug-likeness (QED) is 0.877. The first-order valence-electron chi connectivity index (χ1n) is 7.51. The van der Waals surface area contributed by atoms with Crippen LogP contribution in [0, 0.1) is 11.3 Å². The Morgan fingerprint density at radius 3 is 2.79 bits per heavy atom. The Bertz CT molecular complexity index is 417. The molecule has 106 valence electrons. The summed E-state index contributed by atoms with van der Waals surface area (Å²) in [5.74, 6) is 0.694. The minimum atomic E-state index is 0.0128. The van der Waals surface area contributed by atoms with Crippen LogP contribution in [0.1, 0.15) is 39.2 Å². The van der Waals surface area contributed by atoms with Gasteiger partial charge in [-0.15, -0.1) is 0 Å². The molecular weight excluding hydrogens is 234 g/mol. The molecule has 0 fully saturated rings. The fourth-order valence-electron chi connectivity index (χ4n) is 3.33. The minimum Gasteiger partial charge on any atom is -0.396 e. The molecule has 1 aliphatic heterocycles. The van der Waals surface area contributed by atoms with Gasteiger partial charge in [-0.1, -0.05) is 45.4 Å². The zero-order valence-electron chi connectivity index (χ0n) is 12.5. The lowest BCUT2D eigenvalue weighted by molar-refractivity contribution is 0.135. The van der Waals surface area contributed by atoms with Crippen molar-refractivity contribution < 1.29 is 5.11 Å². The van der Waals surface area contributed by atoms with Gasteiger partial charge in [0, 0.05) is 24.2 Å². The van der Waals surface area contributed by atoms with Crippen molar-refractivity contribution >= 4 is 5.69 Å². The van der Waals surface area contributed by atoms with Crippen LogP contribution in [-0.2, 0) is 6.42 Å². The Labute approximate surface area is 117 Å². The third-order valence-corrected chi connectivity index (χ3v) is 4.24. The van der Waals surface area contributed by atoms with Crippen LogP contribution < -0.4 is 4.90 Å². The second-order valence-corrected chi connectivity index (χ2v) is 6.54. The molecule has 0 saturated carbocycles. The molecule has 1 aliphatic rings. The molecule has 0 amide bonds. The summed E-state index contributed by atoms with van der Waals surface area (Å²) >= 11 is 0. The average Bonchev–Trinajstić information content (AvgIpc) is 2.39. The van der Waals surface area contributed by atoms with Crippen LogP contribution in [0.2, 0.25) is 0 Å². The molecule has 0 radical (unpaired) electrons. The molecule has 2 heteroatoms. The molecule has 2 rings (SSSR count). The lowest BCUT2D eigenvalue weighted by Gasteiger charge is -2.40. The normalized spacial score (nSPS) is 21.9. The third kappa shape index (κ3) is 3.30. The summed E-state index contributed by atoms with van der Waals surface area (Å²) in [6, 6.07) is 8.73. The average molecular weight is 261 g/mol. The van der Waals surface area contributed by atoms with E-state index in [4.69, 9.17) is 0 Å². The SMILES string of the molecule is CCCC(C)(CO)CN1CC(C)Cc2ccccc21. The summed E-state index contributed by atoms with van der Waals surface area (Å²) < 4.78 is 0. The number of benzene rings is 1. The standard InChI is InChI=1S/C17H27NO/c1-4-9-17(3,13-19)12-18-11-14(2)10-15-7-5-6-8-16(15)18/h5-8,14,19H,4,9-13H2,1-3H3. The summed E-state index contributed by atoms with van der Waals surface area (Å²) in [6.45, 7) is 9.06. The molecule has 0 aliphatic carbocycles. The number of aliphatic hydroxyl groups is 1. The smallest absolute Gasteiger partial charge is 0.0501 e. The molecule has 0 spiro atoms. The monoisotopic (exact) mass is 261 g/mol. The van der Waals surface area contributed by atoms with E-state index in [1.165, 1.54) is 17.7 Å². The molecule has 0 saturated heterocycles. The number of para-hydroxylation sites is 1. The van der Waals surface area contributed by atoms with E-state index in [0.717, 1.165) is 25.9 Å². The number of hydrogen-bond donors (Lipinski definition) is 1. The molecule has 1 aromatic rings. The van der Waals surface area contributed by atoms with Crippen molar-refractivity contribution in [2.45, 2.75) is 40.0 Å². The highest BCUT2D eigenvalue weighted by atomic mass is 16.3. The fourth-order valence-corrected chi connectivity index (χ4v) is 3.33. The number of fused-ring (bicyclic) bond motifs is 1. The Morgan fingerprint density at radius 1 is 1.37 bits per heavy atom. The van der Waals surface area contributed by atoms with E-state index in [2.05, 4.69) is 49.9 Å². The van der Waals surface area contributed by atoms with E-state index in [1.54, 1.807) is 0 Å². The lowest BCUT2D eigenvalue weighted by atomic mass is 9.84. The second-order valence-electron chi connectivity index (χ2n) is 6.54. The first-order chi connectivity index (χ1) is 9.08. The van der Waals surface area contributed by atoms with Gasteiger partial charge in [-0.2, -0.15) is 0 Å². The zero-order valence-corrected chi connectivity index (χ0v) is 12.5. The van der Waals surface area contributed by atoms with Crippen LogP contribution in [-0.4, -0.2) is 24.8 Å². The van der Waals surface area contributed by atoms with Gasteiger partial charge in [0.2, 0.25) is 0 Å². The maximum atomic E-state index is 9.73. The lowest BCUT2D eigenvalue weighted by Crippen LogP contribution is -2.43. The van der Waals surface area contributed by atoms with E-state index in [1.807, 2.05) is 0 Å². The first-order valence-corrected chi connectivity index (χ1v) is 7.51. The molecule has 0 bridgehead atoms. The van der Waals surface area contributed by atoms with Crippen molar-refractivity contribution in [3.8, 4) is 0 Å². The maximum Gasteiger partial charge on any atom is 0.0501 e. The van der Waals surface area contributed by atoms with Crippen LogP contribution in [0.5, 0.6) is 0 Å². The number of hydrogen-bond acceptors (Lipinski definition) is 2. The van der Waals surface area contributed by atoms with Crippen molar-refractivity contribution in [2.24, 2.45) is 11.3 Å². The van der Waals surface area contributed by atoms with Gasteiger partial charge >= 0.3 is 0 Å². The van der Waals surface area contributed by atoms with Gasteiger partial charge in [0.25, 0.3) is 0 Å². The van der Waals surface area contributed by atoms with Crippen molar-refractivity contribution in [1.82, 2.24) is 0 Å². The van der Waals surface area contributed by atoms with Gasteiger partial charge in [-0.25, -0.2) is 0 Å². The van der Waals surface area contributed by atoms with Crippen LogP contribution in [0.3, 0.4) is 0 Å². The molecule has 1 N–H and O–H groups in total. The van der Waals surface area contributed by atoms with Gasteiger partial charge in [0.1, 0.15) is 0 Å². The van der Waals surface area contributed by atoms with E-state index in [0.29, 0.717) is 5.92 Å². The predicted octanol–water partition coefficient (Wildman–Crippen LogP) is 3.48.